The van der Waals surface area contributed by atoms with Crippen molar-refractivity contribution < 1.29 is 14.3 Å². The highest BCUT2D eigenvalue weighted by molar-refractivity contribution is 5.83. The molecule has 4 heteroatoms. The van der Waals surface area contributed by atoms with E-state index in [1.807, 2.05) is 6.92 Å². The maximum atomic E-state index is 12.1. The Bertz CT molecular complexity index is 321. The maximum absolute atomic E-state index is 12.1. The Labute approximate surface area is 102 Å². The molecule has 1 unspecified atom stereocenters. The number of nitrogens with one attached hydrogen (secondary N) is 1. The quantitative estimate of drug-likeness (QED) is 0.788. The third-order valence-electron chi connectivity index (χ3n) is 4.48. The summed E-state index contributed by atoms with van der Waals surface area (Å²) in [6.45, 7) is 3.89. The van der Waals surface area contributed by atoms with Gasteiger partial charge < -0.3 is 14.8 Å². The number of carbonyl (C=O) groups excluding carboxylic acids is 1. The minimum atomic E-state index is -0.287. The van der Waals surface area contributed by atoms with Crippen molar-refractivity contribution in [2.75, 3.05) is 19.8 Å². The molecule has 3 rings (SSSR count). The monoisotopic (exact) mass is 239 g/mol. The molecular weight excluding hydrogens is 218 g/mol. The molecule has 3 aliphatic rings. The molecule has 2 aliphatic heterocycles. The average Bonchev–Trinajstić information content (AvgIpc) is 2.24. The number of amides is 1. The van der Waals surface area contributed by atoms with E-state index < -0.39 is 0 Å². The first-order valence-corrected chi connectivity index (χ1v) is 6.65. The van der Waals surface area contributed by atoms with E-state index in [0.29, 0.717) is 19.3 Å². The van der Waals surface area contributed by atoms with Crippen molar-refractivity contribution in [1.82, 2.24) is 5.32 Å². The highest BCUT2D eigenvalue weighted by Crippen LogP contribution is 2.42. The summed E-state index contributed by atoms with van der Waals surface area (Å²) >= 11 is 0. The van der Waals surface area contributed by atoms with Gasteiger partial charge in [-0.15, -0.1) is 0 Å². The highest BCUT2D eigenvalue weighted by atomic mass is 16.5. The molecule has 0 aromatic carbocycles. The summed E-state index contributed by atoms with van der Waals surface area (Å²) in [4.78, 5) is 12.1. The van der Waals surface area contributed by atoms with E-state index in [1.165, 1.54) is 19.3 Å². The third kappa shape index (κ3) is 1.97. The summed E-state index contributed by atoms with van der Waals surface area (Å²) in [5, 5.41) is 3.19. The van der Waals surface area contributed by atoms with E-state index in [2.05, 4.69) is 5.32 Å². The third-order valence-corrected chi connectivity index (χ3v) is 4.48. The lowest BCUT2D eigenvalue weighted by Gasteiger charge is -2.48. The molecule has 17 heavy (non-hydrogen) atoms. The van der Waals surface area contributed by atoms with Crippen molar-refractivity contribution in [2.45, 2.75) is 50.7 Å². The summed E-state index contributed by atoms with van der Waals surface area (Å²) in [7, 11) is 0. The zero-order chi connectivity index (χ0) is 11.9. The van der Waals surface area contributed by atoms with Gasteiger partial charge in [-0.25, -0.2) is 0 Å². The molecule has 2 saturated heterocycles. The van der Waals surface area contributed by atoms with E-state index in [4.69, 9.17) is 9.47 Å². The second kappa shape index (κ2) is 3.95. The van der Waals surface area contributed by atoms with Gasteiger partial charge in [0, 0.05) is 12.6 Å². The molecule has 0 radical (unpaired) electrons. The van der Waals surface area contributed by atoms with Crippen LogP contribution in [0.1, 0.15) is 39.0 Å². The second-order valence-electron chi connectivity index (χ2n) is 6.10. The lowest BCUT2D eigenvalue weighted by Crippen LogP contribution is -2.57. The SMILES string of the molecule is CC1(C(=O)NC2CCOC3(CCC3)C2)COC1. The van der Waals surface area contributed by atoms with Crippen LogP contribution in [-0.2, 0) is 14.3 Å². The Hall–Kier alpha value is -0.610. The van der Waals surface area contributed by atoms with Gasteiger partial charge in [0.1, 0.15) is 0 Å². The van der Waals surface area contributed by atoms with Crippen LogP contribution in [0.3, 0.4) is 0 Å². The number of hydrogen-bond acceptors (Lipinski definition) is 3. The fourth-order valence-electron chi connectivity index (χ4n) is 2.97. The molecule has 2 heterocycles. The molecule has 4 nitrogen and oxygen atoms in total. The van der Waals surface area contributed by atoms with Crippen LogP contribution >= 0.6 is 0 Å². The summed E-state index contributed by atoms with van der Waals surface area (Å²) in [5.74, 6) is 0.158. The van der Waals surface area contributed by atoms with Gasteiger partial charge in [0.2, 0.25) is 5.91 Å². The molecule has 3 fully saturated rings. The molecule has 1 atom stereocenters. The Balaban J connectivity index is 1.56. The Morgan fingerprint density at radius 3 is 2.65 bits per heavy atom. The smallest absolute Gasteiger partial charge is 0.230 e. The summed E-state index contributed by atoms with van der Waals surface area (Å²) in [6.07, 6.45) is 5.55. The topological polar surface area (TPSA) is 47.6 Å². The normalized spacial score (nSPS) is 33.6. The lowest BCUT2D eigenvalue weighted by atomic mass is 9.73. The molecule has 0 bridgehead atoms. The number of ether oxygens (including phenoxy) is 2. The van der Waals surface area contributed by atoms with Crippen LogP contribution in [0.4, 0.5) is 0 Å². The second-order valence-corrected chi connectivity index (χ2v) is 6.10. The summed E-state index contributed by atoms with van der Waals surface area (Å²) in [5.41, 5.74) is -0.182. The number of carbonyl (C=O) groups is 1. The van der Waals surface area contributed by atoms with Gasteiger partial charge in [0.15, 0.2) is 0 Å². The molecule has 1 N–H and O–H groups in total. The van der Waals surface area contributed by atoms with Crippen LogP contribution < -0.4 is 5.32 Å². The van der Waals surface area contributed by atoms with Gasteiger partial charge >= 0.3 is 0 Å². The largest absolute Gasteiger partial charge is 0.379 e. The molecule has 0 aromatic heterocycles. The first kappa shape index (κ1) is 11.5. The van der Waals surface area contributed by atoms with Crippen molar-refractivity contribution >= 4 is 5.91 Å². The van der Waals surface area contributed by atoms with Crippen LogP contribution in [0, 0.1) is 5.41 Å². The van der Waals surface area contributed by atoms with Gasteiger partial charge in [-0.1, -0.05) is 0 Å². The fourth-order valence-corrected chi connectivity index (χ4v) is 2.97. The lowest BCUT2D eigenvalue weighted by molar-refractivity contribution is -0.163. The van der Waals surface area contributed by atoms with E-state index >= 15 is 0 Å². The van der Waals surface area contributed by atoms with Crippen molar-refractivity contribution in [1.29, 1.82) is 0 Å². The van der Waals surface area contributed by atoms with Gasteiger partial charge in [-0.2, -0.15) is 0 Å². The molecule has 96 valence electrons. The summed E-state index contributed by atoms with van der Waals surface area (Å²) in [6, 6.07) is 0.300. The molecule has 0 aromatic rings. The molecule has 1 aliphatic carbocycles. The zero-order valence-corrected chi connectivity index (χ0v) is 10.5. The zero-order valence-electron chi connectivity index (χ0n) is 10.5. The fraction of sp³-hybridized carbons (Fsp3) is 0.923. The van der Waals surface area contributed by atoms with Crippen molar-refractivity contribution in [3.63, 3.8) is 0 Å². The first-order chi connectivity index (χ1) is 8.12. The minimum absolute atomic E-state index is 0.104. The molecule has 1 amide bonds. The molecular formula is C13H21NO3. The molecule has 1 saturated carbocycles. The van der Waals surface area contributed by atoms with E-state index in [9.17, 15) is 4.79 Å². The number of rotatable bonds is 2. The van der Waals surface area contributed by atoms with Crippen LogP contribution in [0.25, 0.3) is 0 Å². The summed E-state index contributed by atoms with van der Waals surface area (Å²) < 4.78 is 11.0. The molecule has 1 spiro atoms. The Morgan fingerprint density at radius 1 is 1.35 bits per heavy atom. The van der Waals surface area contributed by atoms with Gasteiger partial charge in [-0.05, 0) is 39.0 Å². The standard InChI is InChI=1S/C13H21NO3/c1-12(8-16-9-12)11(15)14-10-3-6-17-13(7-10)4-2-5-13/h10H,2-9H2,1H3,(H,14,15). The van der Waals surface area contributed by atoms with Crippen molar-refractivity contribution in [2.24, 2.45) is 5.41 Å². The Morgan fingerprint density at radius 2 is 2.12 bits per heavy atom. The predicted molar refractivity (Wildman–Crippen MR) is 62.6 cm³/mol. The van der Waals surface area contributed by atoms with E-state index in [1.54, 1.807) is 0 Å². The minimum Gasteiger partial charge on any atom is -0.379 e. The maximum Gasteiger partial charge on any atom is 0.230 e. The van der Waals surface area contributed by atoms with Gasteiger partial charge in [-0.3, -0.25) is 4.79 Å². The van der Waals surface area contributed by atoms with Crippen LogP contribution in [0.2, 0.25) is 0 Å². The van der Waals surface area contributed by atoms with Gasteiger partial charge in [0.05, 0.1) is 24.2 Å². The Kier molecular flexibility index (Phi) is 2.67. The van der Waals surface area contributed by atoms with Crippen molar-refractivity contribution in [3.8, 4) is 0 Å². The van der Waals surface area contributed by atoms with Gasteiger partial charge in [0.25, 0.3) is 0 Å². The van der Waals surface area contributed by atoms with Crippen LogP contribution in [0.5, 0.6) is 0 Å². The van der Waals surface area contributed by atoms with Crippen LogP contribution in [-0.4, -0.2) is 37.4 Å². The van der Waals surface area contributed by atoms with E-state index in [-0.39, 0.29) is 16.9 Å². The van der Waals surface area contributed by atoms with Crippen LogP contribution in [0.15, 0.2) is 0 Å². The highest BCUT2D eigenvalue weighted by Gasteiger charge is 2.45. The predicted octanol–water partition coefficient (Wildman–Crippen LogP) is 1.24. The number of hydrogen-bond donors (Lipinski definition) is 1. The first-order valence-electron chi connectivity index (χ1n) is 6.65. The van der Waals surface area contributed by atoms with Crippen molar-refractivity contribution in [3.05, 3.63) is 0 Å². The van der Waals surface area contributed by atoms with E-state index in [0.717, 1.165) is 19.4 Å². The average molecular weight is 239 g/mol.